The Morgan fingerprint density at radius 1 is 1.11 bits per heavy atom. The van der Waals surface area contributed by atoms with E-state index in [9.17, 15) is 4.39 Å². The van der Waals surface area contributed by atoms with Crippen molar-refractivity contribution in [2.75, 3.05) is 12.3 Å². The van der Waals surface area contributed by atoms with Crippen LogP contribution in [0.4, 0.5) is 4.39 Å². The standard InChI is InChI=1S/C14H16FN3S/c15-13-6-2-1-5-12(13)11-16-7-4-10-19-14-17-8-3-9-18-14/h1-3,5-6,8-9,16H,4,7,10-11H2/p+1. The summed E-state index contributed by atoms with van der Waals surface area (Å²) in [4.78, 5) is 8.30. The third kappa shape index (κ3) is 4.96. The van der Waals surface area contributed by atoms with E-state index in [0.717, 1.165) is 29.4 Å². The predicted octanol–water partition coefficient (Wildman–Crippen LogP) is 1.86. The minimum atomic E-state index is -0.120. The van der Waals surface area contributed by atoms with Crippen LogP contribution in [0.2, 0.25) is 0 Å². The number of nitrogens with two attached hydrogens (primary N) is 1. The fraction of sp³-hybridized carbons (Fsp3) is 0.286. The van der Waals surface area contributed by atoms with Crippen LogP contribution in [0.1, 0.15) is 12.0 Å². The molecule has 0 atom stereocenters. The van der Waals surface area contributed by atoms with Gasteiger partial charge in [-0.15, -0.1) is 0 Å². The summed E-state index contributed by atoms with van der Waals surface area (Å²) in [6.45, 7) is 1.67. The normalized spacial score (nSPS) is 10.6. The van der Waals surface area contributed by atoms with Gasteiger partial charge in [0.1, 0.15) is 12.4 Å². The maximum absolute atomic E-state index is 13.3. The summed E-state index contributed by atoms with van der Waals surface area (Å²) in [5, 5.41) is 2.95. The van der Waals surface area contributed by atoms with E-state index in [4.69, 9.17) is 0 Å². The Balaban J connectivity index is 1.59. The van der Waals surface area contributed by atoms with Gasteiger partial charge in [0.25, 0.3) is 0 Å². The molecule has 0 bridgehead atoms. The van der Waals surface area contributed by atoms with Gasteiger partial charge in [0.15, 0.2) is 5.16 Å². The molecule has 2 N–H and O–H groups in total. The monoisotopic (exact) mass is 278 g/mol. The minimum Gasteiger partial charge on any atom is -0.342 e. The van der Waals surface area contributed by atoms with Crippen molar-refractivity contribution in [3.05, 3.63) is 54.1 Å². The molecule has 0 saturated carbocycles. The number of benzene rings is 1. The number of nitrogens with zero attached hydrogens (tertiary/aromatic N) is 2. The van der Waals surface area contributed by atoms with Gasteiger partial charge in [0.05, 0.1) is 6.54 Å². The number of thioether (sulfide) groups is 1. The van der Waals surface area contributed by atoms with Crippen LogP contribution in [-0.4, -0.2) is 22.3 Å². The van der Waals surface area contributed by atoms with E-state index in [1.165, 1.54) is 6.07 Å². The van der Waals surface area contributed by atoms with Gasteiger partial charge in [0, 0.05) is 30.1 Å². The third-order valence-corrected chi connectivity index (χ3v) is 3.61. The van der Waals surface area contributed by atoms with Gasteiger partial charge in [-0.25, -0.2) is 14.4 Å². The molecule has 0 aliphatic carbocycles. The first-order chi connectivity index (χ1) is 9.36. The molecule has 1 aromatic heterocycles. The summed E-state index contributed by atoms with van der Waals surface area (Å²) in [7, 11) is 0. The maximum Gasteiger partial charge on any atom is 0.187 e. The molecule has 0 unspecified atom stereocenters. The van der Waals surface area contributed by atoms with E-state index in [0.29, 0.717) is 6.54 Å². The van der Waals surface area contributed by atoms with Crippen molar-refractivity contribution in [1.82, 2.24) is 9.97 Å². The first-order valence-electron chi connectivity index (χ1n) is 6.31. The highest BCUT2D eigenvalue weighted by Crippen LogP contribution is 2.11. The average molecular weight is 278 g/mol. The first-order valence-corrected chi connectivity index (χ1v) is 7.30. The van der Waals surface area contributed by atoms with Crippen LogP contribution in [0.15, 0.2) is 47.9 Å². The van der Waals surface area contributed by atoms with E-state index < -0.39 is 0 Å². The van der Waals surface area contributed by atoms with Crippen molar-refractivity contribution in [3.63, 3.8) is 0 Å². The predicted molar refractivity (Wildman–Crippen MR) is 74.3 cm³/mol. The highest BCUT2D eigenvalue weighted by atomic mass is 32.2. The summed E-state index contributed by atoms with van der Waals surface area (Å²) in [5.41, 5.74) is 0.765. The van der Waals surface area contributed by atoms with E-state index in [1.54, 1.807) is 30.2 Å². The van der Waals surface area contributed by atoms with Crippen LogP contribution in [0.5, 0.6) is 0 Å². The number of rotatable bonds is 7. The summed E-state index contributed by atoms with van der Waals surface area (Å²) in [6.07, 6.45) is 4.55. The molecule has 2 rings (SSSR count). The van der Waals surface area contributed by atoms with Gasteiger partial charge >= 0.3 is 0 Å². The number of hydrogen-bond donors (Lipinski definition) is 1. The lowest BCUT2D eigenvalue weighted by atomic mass is 10.2. The second kappa shape index (κ2) is 7.86. The Labute approximate surface area is 116 Å². The van der Waals surface area contributed by atoms with Crippen molar-refractivity contribution in [2.24, 2.45) is 0 Å². The van der Waals surface area contributed by atoms with Crippen LogP contribution in [0.25, 0.3) is 0 Å². The summed E-state index contributed by atoms with van der Waals surface area (Å²) >= 11 is 1.65. The van der Waals surface area contributed by atoms with Gasteiger partial charge in [-0.3, -0.25) is 0 Å². The van der Waals surface area contributed by atoms with Crippen LogP contribution in [0, 0.1) is 5.82 Å². The molecular weight excluding hydrogens is 261 g/mol. The van der Waals surface area contributed by atoms with E-state index in [1.807, 2.05) is 18.2 Å². The zero-order chi connectivity index (χ0) is 13.3. The number of hydrogen-bond acceptors (Lipinski definition) is 3. The highest BCUT2D eigenvalue weighted by molar-refractivity contribution is 7.99. The van der Waals surface area contributed by atoms with E-state index >= 15 is 0 Å². The molecule has 1 heterocycles. The molecule has 3 nitrogen and oxygen atoms in total. The minimum absolute atomic E-state index is 0.120. The topological polar surface area (TPSA) is 42.4 Å². The van der Waals surface area contributed by atoms with E-state index in [2.05, 4.69) is 15.3 Å². The molecule has 0 amide bonds. The summed E-state index contributed by atoms with van der Waals surface area (Å²) in [5.74, 6) is 0.864. The molecule has 2 aromatic rings. The number of quaternary nitrogens is 1. The van der Waals surface area contributed by atoms with E-state index in [-0.39, 0.29) is 5.82 Å². The van der Waals surface area contributed by atoms with Gasteiger partial charge < -0.3 is 5.32 Å². The Morgan fingerprint density at radius 3 is 2.68 bits per heavy atom. The quantitative estimate of drug-likeness (QED) is 0.477. The van der Waals surface area contributed by atoms with Crippen molar-refractivity contribution in [3.8, 4) is 0 Å². The number of halogens is 1. The molecule has 0 spiro atoms. The molecular formula is C14H17FN3S+. The Kier molecular flexibility index (Phi) is 5.78. The van der Waals surface area contributed by atoms with Crippen LogP contribution in [-0.2, 0) is 6.54 Å². The largest absolute Gasteiger partial charge is 0.342 e. The lowest BCUT2D eigenvalue weighted by molar-refractivity contribution is -0.670. The molecule has 19 heavy (non-hydrogen) atoms. The van der Waals surface area contributed by atoms with Gasteiger partial charge in [-0.2, -0.15) is 0 Å². The van der Waals surface area contributed by atoms with Crippen molar-refractivity contribution in [2.45, 2.75) is 18.1 Å². The van der Waals surface area contributed by atoms with Gasteiger partial charge in [-0.1, -0.05) is 30.0 Å². The second-order valence-corrected chi connectivity index (χ2v) is 5.17. The van der Waals surface area contributed by atoms with Gasteiger partial charge in [0.2, 0.25) is 0 Å². The van der Waals surface area contributed by atoms with Crippen molar-refractivity contribution >= 4 is 11.8 Å². The molecule has 0 fully saturated rings. The first kappa shape index (κ1) is 14.0. The molecule has 1 aromatic carbocycles. The Morgan fingerprint density at radius 2 is 1.89 bits per heavy atom. The summed E-state index contributed by atoms with van der Waals surface area (Å²) in [6, 6.07) is 8.74. The zero-order valence-corrected chi connectivity index (χ0v) is 11.4. The van der Waals surface area contributed by atoms with Crippen molar-refractivity contribution < 1.29 is 9.71 Å². The second-order valence-electron chi connectivity index (χ2n) is 4.11. The highest BCUT2D eigenvalue weighted by Gasteiger charge is 2.02. The zero-order valence-electron chi connectivity index (χ0n) is 10.6. The van der Waals surface area contributed by atoms with Gasteiger partial charge in [-0.05, 0) is 12.1 Å². The third-order valence-electron chi connectivity index (χ3n) is 2.65. The molecule has 0 aliphatic heterocycles. The maximum atomic E-state index is 13.3. The summed E-state index contributed by atoms with van der Waals surface area (Å²) < 4.78 is 13.3. The fourth-order valence-electron chi connectivity index (χ4n) is 1.67. The SMILES string of the molecule is Fc1ccccc1C[NH2+]CCCSc1ncccn1. The number of aromatic nitrogens is 2. The fourth-order valence-corrected chi connectivity index (χ4v) is 2.44. The molecule has 0 radical (unpaired) electrons. The van der Waals surface area contributed by atoms with Crippen molar-refractivity contribution in [1.29, 1.82) is 0 Å². The van der Waals surface area contributed by atoms with Crippen LogP contribution < -0.4 is 5.32 Å². The Bertz CT molecular complexity index is 493. The average Bonchev–Trinajstić information content (AvgIpc) is 2.45. The Hall–Kier alpha value is -1.46. The molecule has 0 saturated heterocycles. The smallest absolute Gasteiger partial charge is 0.187 e. The molecule has 0 aliphatic rings. The van der Waals surface area contributed by atoms with Crippen LogP contribution >= 0.6 is 11.8 Å². The molecule has 5 heteroatoms. The lowest BCUT2D eigenvalue weighted by Crippen LogP contribution is -2.82. The lowest BCUT2D eigenvalue weighted by Gasteiger charge is -2.03. The van der Waals surface area contributed by atoms with Crippen LogP contribution in [0.3, 0.4) is 0 Å². The molecule has 100 valence electrons.